The van der Waals surface area contributed by atoms with Gasteiger partial charge in [0.15, 0.2) is 0 Å². The van der Waals surface area contributed by atoms with Crippen LogP contribution in [0.5, 0.6) is 0 Å². The lowest BCUT2D eigenvalue weighted by Gasteiger charge is -2.23. The van der Waals surface area contributed by atoms with Gasteiger partial charge in [-0.2, -0.15) is 0 Å². The lowest BCUT2D eigenvalue weighted by atomic mass is 10.2. The number of nitrogens with one attached hydrogen (secondary N) is 2. The van der Waals surface area contributed by atoms with Crippen LogP contribution >= 0.6 is 0 Å². The molecule has 0 saturated heterocycles. The summed E-state index contributed by atoms with van der Waals surface area (Å²) < 4.78 is 24.0. The topological polar surface area (TPSA) is 78.5 Å². The van der Waals surface area contributed by atoms with Crippen LogP contribution in [0.1, 0.15) is 27.2 Å². The van der Waals surface area contributed by atoms with Crippen molar-refractivity contribution in [2.75, 3.05) is 32.4 Å². The quantitative estimate of drug-likeness (QED) is 0.572. The number of amides is 1. The summed E-state index contributed by atoms with van der Waals surface area (Å²) in [6.07, 6.45) is 1.79. The highest BCUT2D eigenvalue weighted by molar-refractivity contribution is 7.88. The van der Waals surface area contributed by atoms with E-state index in [9.17, 15) is 13.2 Å². The zero-order valence-corrected chi connectivity index (χ0v) is 12.5. The van der Waals surface area contributed by atoms with Gasteiger partial charge in [-0.25, -0.2) is 13.1 Å². The number of likely N-dealkylation sites (N-methyl/N-ethyl adjacent to an activating group) is 1. The van der Waals surface area contributed by atoms with E-state index in [2.05, 4.69) is 10.0 Å². The molecular weight excluding hydrogens is 254 g/mol. The van der Waals surface area contributed by atoms with Crippen molar-refractivity contribution in [2.45, 2.75) is 33.2 Å². The molecule has 1 amide bonds. The van der Waals surface area contributed by atoms with Gasteiger partial charge in [0.25, 0.3) is 0 Å². The maximum absolute atomic E-state index is 11.9. The summed E-state index contributed by atoms with van der Waals surface area (Å²) in [7, 11) is -3.12. The molecule has 6 nitrogen and oxygen atoms in total. The molecule has 1 atom stereocenters. The fourth-order valence-electron chi connectivity index (χ4n) is 1.56. The molecule has 0 spiro atoms. The van der Waals surface area contributed by atoms with Crippen molar-refractivity contribution >= 4 is 15.9 Å². The maximum atomic E-state index is 11.9. The summed E-state index contributed by atoms with van der Waals surface area (Å²) in [4.78, 5) is 13.7. The Kier molecular flexibility index (Phi) is 8.13. The minimum absolute atomic E-state index is 0.0797. The number of hydrogen-bond donors (Lipinski definition) is 2. The second-order valence-corrected chi connectivity index (χ2v) is 6.04. The second kappa shape index (κ2) is 8.44. The second-order valence-electron chi connectivity index (χ2n) is 4.21. The standard InChI is InChI=1S/C11H25N3O3S/c1-5-14(6-2)11(15)10(3)12-8-7-9-13-18(4,16)17/h10,12-13H,5-9H2,1-4H3. The highest BCUT2D eigenvalue weighted by atomic mass is 32.2. The minimum Gasteiger partial charge on any atom is -0.342 e. The van der Waals surface area contributed by atoms with Crippen LogP contribution in [0.3, 0.4) is 0 Å². The molecule has 0 fully saturated rings. The molecule has 0 bridgehead atoms. The summed E-state index contributed by atoms with van der Waals surface area (Å²) in [5.41, 5.74) is 0. The van der Waals surface area contributed by atoms with E-state index >= 15 is 0 Å². The Hall–Kier alpha value is -0.660. The van der Waals surface area contributed by atoms with Gasteiger partial charge in [0.05, 0.1) is 12.3 Å². The molecule has 0 aromatic carbocycles. The summed E-state index contributed by atoms with van der Waals surface area (Å²) in [6.45, 7) is 8.13. The Bertz CT molecular complexity index is 339. The normalized spacial score (nSPS) is 13.3. The molecule has 0 heterocycles. The van der Waals surface area contributed by atoms with Crippen LogP contribution in [0.25, 0.3) is 0 Å². The van der Waals surface area contributed by atoms with Crippen LogP contribution < -0.4 is 10.0 Å². The molecule has 0 aliphatic carbocycles. The Labute approximate surface area is 110 Å². The fraction of sp³-hybridized carbons (Fsp3) is 0.909. The molecule has 0 aromatic heterocycles. The van der Waals surface area contributed by atoms with Crippen LogP contribution in [-0.4, -0.2) is 57.7 Å². The summed E-state index contributed by atoms with van der Waals surface area (Å²) in [5.74, 6) is 0.0797. The van der Waals surface area contributed by atoms with E-state index in [-0.39, 0.29) is 11.9 Å². The fourth-order valence-corrected chi connectivity index (χ4v) is 2.08. The summed E-state index contributed by atoms with van der Waals surface area (Å²) in [6, 6.07) is -0.233. The van der Waals surface area contributed by atoms with E-state index in [1.54, 1.807) is 4.90 Å². The van der Waals surface area contributed by atoms with Gasteiger partial charge in [0.2, 0.25) is 15.9 Å². The van der Waals surface area contributed by atoms with Gasteiger partial charge in [0, 0.05) is 19.6 Å². The van der Waals surface area contributed by atoms with Crippen molar-refractivity contribution in [3.8, 4) is 0 Å². The molecule has 0 aromatic rings. The average molecular weight is 279 g/mol. The van der Waals surface area contributed by atoms with Crippen LogP contribution in [-0.2, 0) is 14.8 Å². The molecule has 2 N–H and O–H groups in total. The van der Waals surface area contributed by atoms with Crippen LogP contribution in [0.15, 0.2) is 0 Å². The molecule has 0 aliphatic rings. The van der Waals surface area contributed by atoms with Crippen molar-refractivity contribution < 1.29 is 13.2 Å². The molecule has 0 radical (unpaired) electrons. The van der Waals surface area contributed by atoms with Crippen molar-refractivity contribution in [1.82, 2.24) is 14.9 Å². The van der Waals surface area contributed by atoms with Crippen LogP contribution in [0.4, 0.5) is 0 Å². The van der Waals surface area contributed by atoms with Crippen molar-refractivity contribution in [3.63, 3.8) is 0 Å². The molecule has 1 unspecified atom stereocenters. The average Bonchev–Trinajstić information content (AvgIpc) is 2.28. The SMILES string of the molecule is CCN(CC)C(=O)C(C)NCCCNS(C)(=O)=O. The largest absolute Gasteiger partial charge is 0.342 e. The van der Waals surface area contributed by atoms with E-state index in [1.807, 2.05) is 20.8 Å². The zero-order valence-electron chi connectivity index (χ0n) is 11.7. The van der Waals surface area contributed by atoms with Gasteiger partial charge < -0.3 is 10.2 Å². The minimum atomic E-state index is -3.12. The van der Waals surface area contributed by atoms with Gasteiger partial charge in [-0.3, -0.25) is 4.79 Å². The molecule has 18 heavy (non-hydrogen) atoms. The van der Waals surface area contributed by atoms with Gasteiger partial charge in [0.1, 0.15) is 0 Å². The Balaban J connectivity index is 3.83. The molecule has 7 heteroatoms. The molecular formula is C11H25N3O3S. The third-order valence-corrected chi connectivity index (χ3v) is 3.34. The first-order valence-corrected chi connectivity index (χ1v) is 8.17. The predicted molar refractivity (Wildman–Crippen MR) is 72.9 cm³/mol. The smallest absolute Gasteiger partial charge is 0.239 e. The first-order valence-electron chi connectivity index (χ1n) is 6.28. The Morgan fingerprint density at radius 3 is 2.22 bits per heavy atom. The van der Waals surface area contributed by atoms with E-state index in [0.717, 1.165) is 6.26 Å². The lowest BCUT2D eigenvalue weighted by molar-refractivity contribution is -0.132. The van der Waals surface area contributed by atoms with Crippen LogP contribution in [0, 0.1) is 0 Å². The summed E-state index contributed by atoms with van der Waals surface area (Å²) in [5, 5.41) is 3.09. The first-order chi connectivity index (χ1) is 8.31. The lowest BCUT2D eigenvalue weighted by Crippen LogP contribution is -2.45. The molecule has 0 rings (SSSR count). The van der Waals surface area contributed by atoms with E-state index < -0.39 is 10.0 Å². The van der Waals surface area contributed by atoms with Crippen molar-refractivity contribution in [3.05, 3.63) is 0 Å². The maximum Gasteiger partial charge on any atom is 0.239 e. The van der Waals surface area contributed by atoms with Gasteiger partial charge in [-0.15, -0.1) is 0 Å². The monoisotopic (exact) mass is 279 g/mol. The first kappa shape index (κ1) is 17.3. The third-order valence-electron chi connectivity index (χ3n) is 2.61. The number of nitrogens with zero attached hydrogens (tertiary/aromatic N) is 1. The van der Waals surface area contributed by atoms with Crippen LogP contribution in [0.2, 0.25) is 0 Å². The number of rotatable bonds is 9. The van der Waals surface area contributed by atoms with Gasteiger partial charge in [-0.1, -0.05) is 0 Å². The summed E-state index contributed by atoms with van der Waals surface area (Å²) >= 11 is 0. The van der Waals surface area contributed by atoms with E-state index in [0.29, 0.717) is 32.6 Å². The number of sulfonamides is 1. The van der Waals surface area contributed by atoms with Gasteiger partial charge in [-0.05, 0) is 33.7 Å². The number of carbonyl (C=O) groups is 1. The van der Waals surface area contributed by atoms with Crippen molar-refractivity contribution in [2.24, 2.45) is 0 Å². The molecule has 0 aliphatic heterocycles. The zero-order chi connectivity index (χ0) is 14.2. The highest BCUT2D eigenvalue weighted by Gasteiger charge is 2.16. The Morgan fingerprint density at radius 2 is 1.78 bits per heavy atom. The van der Waals surface area contributed by atoms with E-state index in [1.165, 1.54) is 0 Å². The third kappa shape index (κ3) is 7.62. The van der Waals surface area contributed by atoms with Gasteiger partial charge >= 0.3 is 0 Å². The van der Waals surface area contributed by atoms with Crippen molar-refractivity contribution in [1.29, 1.82) is 0 Å². The number of carbonyl (C=O) groups excluding carboxylic acids is 1. The number of hydrogen-bond acceptors (Lipinski definition) is 4. The Morgan fingerprint density at radius 1 is 1.22 bits per heavy atom. The molecule has 0 saturated carbocycles. The highest BCUT2D eigenvalue weighted by Crippen LogP contribution is 1.94. The molecule has 108 valence electrons. The predicted octanol–water partition coefficient (Wildman–Crippen LogP) is -0.228. The van der Waals surface area contributed by atoms with E-state index in [4.69, 9.17) is 0 Å².